The molecule has 6 heteroatoms. The van der Waals surface area contributed by atoms with E-state index in [9.17, 15) is 5.11 Å². The minimum Gasteiger partial charge on any atom is -0.493 e. The smallest absolute Gasteiger partial charge is 0.179 e. The van der Waals surface area contributed by atoms with Crippen LogP contribution in [0, 0.1) is 0 Å². The number of hydrogen-bond acceptors (Lipinski definition) is 4. The van der Waals surface area contributed by atoms with Gasteiger partial charge < -0.3 is 14.6 Å². The van der Waals surface area contributed by atoms with Gasteiger partial charge in [-0.15, -0.1) is 0 Å². The number of hydrogen-bond donors (Lipinski definition) is 1. The van der Waals surface area contributed by atoms with E-state index in [4.69, 9.17) is 21.1 Å². The first kappa shape index (κ1) is 14.7. The largest absolute Gasteiger partial charge is 0.493 e. The van der Waals surface area contributed by atoms with Crippen LogP contribution in [0.15, 0.2) is 27.4 Å². The molecule has 0 fully saturated rings. The van der Waals surface area contributed by atoms with E-state index in [2.05, 4.69) is 15.9 Å². The number of aliphatic hydroxyl groups is 1. The first-order chi connectivity index (χ1) is 9.10. The zero-order chi connectivity index (χ0) is 14.0. The minimum atomic E-state index is -0.812. The molecule has 1 aromatic carbocycles. The molecular weight excluding hydrogens is 352 g/mol. The van der Waals surface area contributed by atoms with Crippen LogP contribution in [0.5, 0.6) is 11.5 Å². The Morgan fingerprint density at radius 1 is 1.21 bits per heavy atom. The molecule has 19 heavy (non-hydrogen) atoms. The van der Waals surface area contributed by atoms with Crippen LogP contribution < -0.4 is 9.47 Å². The number of halogens is 2. The van der Waals surface area contributed by atoms with Crippen molar-refractivity contribution in [1.29, 1.82) is 0 Å². The van der Waals surface area contributed by atoms with Gasteiger partial charge in [0.1, 0.15) is 6.10 Å². The van der Waals surface area contributed by atoms with Crippen LogP contribution in [-0.2, 0) is 0 Å². The Morgan fingerprint density at radius 2 is 1.95 bits per heavy atom. The van der Waals surface area contributed by atoms with Gasteiger partial charge in [-0.1, -0.05) is 17.7 Å². The Hall–Kier alpha value is -0.750. The Morgan fingerprint density at radius 3 is 2.47 bits per heavy atom. The number of thiophene rings is 1. The second kappa shape index (κ2) is 6.13. The highest BCUT2D eigenvalue weighted by molar-refractivity contribution is 9.10. The predicted octanol–water partition coefficient (Wildman–Crippen LogP) is 4.26. The van der Waals surface area contributed by atoms with Crippen molar-refractivity contribution in [1.82, 2.24) is 0 Å². The van der Waals surface area contributed by atoms with Crippen molar-refractivity contribution in [2.75, 3.05) is 14.2 Å². The van der Waals surface area contributed by atoms with Crippen molar-refractivity contribution < 1.29 is 14.6 Å². The summed E-state index contributed by atoms with van der Waals surface area (Å²) < 4.78 is 11.3. The molecule has 2 rings (SSSR count). The highest BCUT2D eigenvalue weighted by Crippen LogP contribution is 2.42. The third-order valence-corrected chi connectivity index (χ3v) is 4.89. The molecule has 0 amide bonds. The van der Waals surface area contributed by atoms with E-state index in [0.717, 1.165) is 10.0 Å². The van der Waals surface area contributed by atoms with Gasteiger partial charge in [-0.25, -0.2) is 0 Å². The van der Waals surface area contributed by atoms with Crippen LogP contribution in [-0.4, -0.2) is 19.3 Å². The summed E-state index contributed by atoms with van der Waals surface area (Å²) >= 11 is 11.2. The van der Waals surface area contributed by atoms with Crippen LogP contribution in [0.25, 0.3) is 0 Å². The summed E-state index contributed by atoms with van der Waals surface area (Å²) in [6.45, 7) is 0. The fourth-order valence-corrected chi connectivity index (χ4v) is 3.64. The maximum absolute atomic E-state index is 10.4. The van der Waals surface area contributed by atoms with Crippen LogP contribution >= 0.6 is 38.9 Å². The third-order valence-electron chi connectivity index (χ3n) is 2.75. The lowest BCUT2D eigenvalue weighted by molar-refractivity contribution is 0.219. The van der Waals surface area contributed by atoms with E-state index in [1.165, 1.54) is 18.4 Å². The summed E-state index contributed by atoms with van der Waals surface area (Å²) in [6, 6.07) is 3.46. The molecule has 0 aliphatic heterocycles. The molecule has 2 aromatic rings. The summed E-state index contributed by atoms with van der Waals surface area (Å²) in [5.41, 5.74) is 1.36. The molecule has 0 bridgehead atoms. The van der Waals surface area contributed by atoms with Crippen molar-refractivity contribution in [2.24, 2.45) is 0 Å². The van der Waals surface area contributed by atoms with Gasteiger partial charge in [0.05, 0.1) is 19.2 Å². The summed E-state index contributed by atoms with van der Waals surface area (Å²) in [5.74, 6) is 0.958. The van der Waals surface area contributed by atoms with Gasteiger partial charge in [0, 0.05) is 21.0 Å². The van der Waals surface area contributed by atoms with Gasteiger partial charge in [-0.3, -0.25) is 0 Å². The van der Waals surface area contributed by atoms with Crippen molar-refractivity contribution >= 4 is 38.9 Å². The third kappa shape index (κ3) is 2.74. The Balaban J connectivity index is 2.49. The van der Waals surface area contributed by atoms with E-state index in [-0.39, 0.29) is 0 Å². The highest BCUT2D eigenvalue weighted by Gasteiger charge is 2.21. The molecule has 0 saturated heterocycles. The second-order valence-corrected chi connectivity index (χ2v) is 5.76. The molecule has 0 aliphatic rings. The van der Waals surface area contributed by atoms with Crippen LogP contribution in [0.4, 0.5) is 0 Å². The predicted molar refractivity (Wildman–Crippen MR) is 80.6 cm³/mol. The number of methoxy groups -OCH3 is 2. The Bertz CT molecular complexity index is 585. The Labute approximate surface area is 128 Å². The fourth-order valence-electron chi connectivity index (χ4n) is 1.77. The van der Waals surface area contributed by atoms with Crippen molar-refractivity contribution in [2.45, 2.75) is 6.10 Å². The molecule has 1 aromatic heterocycles. The number of aliphatic hydroxyl groups excluding tert-OH is 1. The molecular formula is C13H12BrClO3S. The number of rotatable bonds is 4. The molecule has 0 radical (unpaired) electrons. The molecule has 3 nitrogen and oxygen atoms in total. The lowest BCUT2D eigenvalue weighted by Gasteiger charge is -2.16. The monoisotopic (exact) mass is 362 g/mol. The molecule has 1 heterocycles. The second-order valence-electron chi connectivity index (χ2n) is 3.78. The van der Waals surface area contributed by atoms with Gasteiger partial charge in [-0.05, 0) is 27.4 Å². The van der Waals surface area contributed by atoms with Gasteiger partial charge in [0.2, 0.25) is 0 Å². The maximum atomic E-state index is 10.4. The molecule has 102 valence electrons. The lowest BCUT2D eigenvalue weighted by Crippen LogP contribution is -2.02. The molecule has 0 saturated carbocycles. The Kier molecular flexibility index (Phi) is 4.73. The average molecular weight is 364 g/mol. The van der Waals surface area contributed by atoms with E-state index >= 15 is 0 Å². The maximum Gasteiger partial charge on any atom is 0.179 e. The van der Waals surface area contributed by atoms with Crippen LogP contribution in [0.1, 0.15) is 17.2 Å². The van der Waals surface area contributed by atoms with Crippen LogP contribution in [0.3, 0.4) is 0 Å². The summed E-state index contributed by atoms with van der Waals surface area (Å²) in [5, 5.41) is 14.6. The zero-order valence-corrected chi connectivity index (χ0v) is 13.5. The average Bonchev–Trinajstić information content (AvgIpc) is 2.83. The molecule has 1 N–H and O–H groups in total. The first-order valence-corrected chi connectivity index (χ1v) is 7.51. The normalized spacial score (nSPS) is 12.3. The van der Waals surface area contributed by atoms with Crippen molar-refractivity contribution in [3.63, 3.8) is 0 Å². The van der Waals surface area contributed by atoms with E-state index in [1.807, 2.05) is 10.8 Å². The summed E-state index contributed by atoms with van der Waals surface area (Å²) in [4.78, 5) is 0. The standard InChI is InChI=1S/C13H12BrClO3S/c1-17-10-4-3-7(11(15)13(10)18-2)12(16)8-5-19-6-9(8)14/h3-6,12,16H,1-2H3. The highest BCUT2D eigenvalue weighted by atomic mass is 79.9. The van der Waals surface area contributed by atoms with Gasteiger partial charge in [0.15, 0.2) is 11.5 Å². The van der Waals surface area contributed by atoms with Crippen LogP contribution in [0.2, 0.25) is 5.02 Å². The van der Waals surface area contributed by atoms with Crippen molar-refractivity contribution in [3.8, 4) is 11.5 Å². The van der Waals surface area contributed by atoms with E-state index in [1.54, 1.807) is 19.2 Å². The van der Waals surface area contributed by atoms with Gasteiger partial charge in [-0.2, -0.15) is 11.3 Å². The van der Waals surface area contributed by atoms with Crippen molar-refractivity contribution in [3.05, 3.63) is 43.5 Å². The molecule has 1 unspecified atom stereocenters. The summed E-state index contributed by atoms with van der Waals surface area (Å²) in [7, 11) is 3.06. The number of ether oxygens (including phenoxy) is 2. The van der Waals surface area contributed by atoms with Gasteiger partial charge in [0.25, 0.3) is 0 Å². The molecule has 1 atom stereocenters. The topological polar surface area (TPSA) is 38.7 Å². The molecule has 0 aliphatic carbocycles. The van der Waals surface area contributed by atoms with Gasteiger partial charge >= 0.3 is 0 Å². The van der Waals surface area contributed by atoms with E-state index in [0.29, 0.717) is 22.1 Å². The molecule has 0 spiro atoms. The SMILES string of the molecule is COc1ccc(C(O)c2cscc2Br)c(Cl)c1OC. The number of benzene rings is 1. The van der Waals surface area contributed by atoms with E-state index < -0.39 is 6.10 Å². The first-order valence-electron chi connectivity index (χ1n) is 5.40. The minimum absolute atomic E-state index is 0.354. The summed E-state index contributed by atoms with van der Waals surface area (Å²) in [6.07, 6.45) is -0.812. The fraction of sp³-hybridized carbons (Fsp3) is 0.231. The zero-order valence-electron chi connectivity index (χ0n) is 10.3. The lowest BCUT2D eigenvalue weighted by atomic mass is 10.0. The quantitative estimate of drug-likeness (QED) is 0.882.